The number of phenols is 1. The Morgan fingerprint density at radius 3 is 2.28 bits per heavy atom. The van der Waals surface area contributed by atoms with E-state index in [0.717, 1.165) is 0 Å². The molecule has 3 aromatic rings. The Kier molecular flexibility index (Phi) is 9.78. The molecule has 0 radical (unpaired) electrons. The summed E-state index contributed by atoms with van der Waals surface area (Å²) >= 11 is 6.60. The van der Waals surface area contributed by atoms with E-state index in [0.29, 0.717) is 79.3 Å². The van der Waals surface area contributed by atoms with E-state index in [2.05, 4.69) is 4.98 Å². The fourth-order valence-electron chi connectivity index (χ4n) is 5.41. The molecule has 0 bridgehead atoms. The summed E-state index contributed by atoms with van der Waals surface area (Å²) in [6, 6.07) is 9.14. The summed E-state index contributed by atoms with van der Waals surface area (Å²) in [5, 5.41) is 11.8. The lowest BCUT2D eigenvalue weighted by atomic mass is 9.97. The summed E-state index contributed by atoms with van der Waals surface area (Å²) in [7, 11) is 3.30. The van der Waals surface area contributed by atoms with Crippen molar-refractivity contribution in [1.82, 2.24) is 14.8 Å². The van der Waals surface area contributed by atoms with E-state index in [4.69, 9.17) is 25.8 Å². The number of likely N-dealkylation sites (N-methyl/N-ethyl adjacent to an activating group) is 1. The highest BCUT2D eigenvalue weighted by Gasteiger charge is 2.30. The average molecular weight is 656 g/mol. The van der Waals surface area contributed by atoms with Gasteiger partial charge in [0.25, 0.3) is 0 Å². The van der Waals surface area contributed by atoms with Crippen LogP contribution in [0.15, 0.2) is 42.6 Å². The quantitative estimate of drug-likeness (QED) is 0.301. The Labute approximate surface area is 273 Å². The minimum atomic E-state index is -0.599. The lowest BCUT2D eigenvalue weighted by Gasteiger charge is -2.37. The SMILES string of the molecule is COCCOc1ncc(-c2cc(F)cc(-c3ccc(N4CCN(C)C4=O)c(Cl)c3)c2O)cc1N1CCN(C(=O)OC(C)(C)C)CC1. The van der Waals surface area contributed by atoms with Gasteiger partial charge in [0, 0.05) is 76.3 Å². The zero-order valence-electron chi connectivity index (χ0n) is 26.7. The molecule has 246 valence electrons. The number of carbonyl (C=O) groups is 2. The summed E-state index contributed by atoms with van der Waals surface area (Å²) in [5.74, 6) is -0.364. The lowest BCUT2D eigenvalue weighted by Crippen LogP contribution is -2.50. The molecule has 0 unspecified atom stereocenters. The smallest absolute Gasteiger partial charge is 0.410 e. The van der Waals surface area contributed by atoms with Gasteiger partial charge in [0.15, 0.2) is 0 Å². The van der Waals surface area contributed by atoms with Gasteiger partial charge >= 0.3 is 12.1 Å². The van der Waals surface area contributed by atoms with E-state index in [1.165, 1.54) is 18.3 Å². The molecule has 2 aliphatic heterocycles. The molecule has 1 aromatic heterocycles. The van der Waals surface area contributed by atoms with Crippen LogP contribution in [0, 0.1) is 5.82 Å². The Morgan fingerprint density at radius 1 is 0.978 bits per heavy atom. The van der Waals surface area contributed by atoms with Crippen LogP contribution in [-0.4, -0.2) is 104 Å². The first-order valence-electron chi connectivity index (χ1n) is 15.1. The van der Waals surface area contributed by atoms with E-state index in [1.54, 1.807) is 53.1 Å². The fraction of sp³-hybridized carbons (Fsp3) is 0.424. The number of benzene rings is 2. The highest BCUT2D eigenvalue weighted by atomic mass is 35.5. The predicted molar refractivity (Wildman–Crippen MR) is 175 cm³/mol. The number of carbonyl (C=O) groups excluding carboxylic acids is 2. The maximum absolute atomic E-state index is 15.2. The Hall–Kier alpha value is -4.29. The Balaban J connectivity index is 1.45. The standard InChI is InChI=1S/C33H39ClFN5O6/c1-33(2,3)46-32(43)39-11-9-38(10-12-39)28-17-22(20-36-30(28)45-15-14-44-5)25-19-23(35)18-24(29(25)41)21-6-7-27(26(34)16-21)40-13-8-37(4)31(40)42/h6-7,16-20,41H,8-15H2,1-5H3. The molecule has 46 heavy (non-hydrogen) atoms. The number of urea groups is 1. The van der Waals surface area contributed by atoms with Crippen LogP contribution in [0.2, 0.25) is 5.02 Å². The summed E-state index contributed by atoms with van der Waals surface area (Å²) in [4.78, 5) is 36.6. The molecular formula is C33H39ClFN5O6. The van der Waals surface area contributed by atoms with Crippen LogP contribution in [0.25, 0.3) is 22.3 Å². The van der Waals surface area contributed by atoms with Crippen LogP contribution in [-0.2, 0) is 9.47 Å². The van der Waals surface area contributed by atoms with Gasteiger partial charge in [-0.15, -0.1) is 0 Å². The molecule has 0 aliphatic carbocycles. The highest BCUT2D eigenvalue weighted by molar-refractivity contribution is 6.34. The van der Waals surface area contributed by atoms with E-state index < -0.39 is 11.4 Å². The summed E-state index contributed by atoms with van der Waals surface area (Å²) in [6.45, 7) is 8.97. The molecule has 3 amide bonds. The largest absolute Gasteiger partial charge is 0.507 e. The molecule has 2 aliphatic rings. The number of ether oxygens (including phenoxy) is 3. The van der Waals surface area contributed by atoms with Gasteiger partial charge < -0.3 is 34.0 Å². The number of aromatic nitrogens is 1. The molecule has 0 saturated carbocycles. The van der Waals surface area contributed by atoms with Crippen LogP contribution in [0.1, 0.15) is 20.8 Å². The zero-order chi connectivity index (χ0) is 33.2. The van der Waals surface area contributed by atoms with Gasteiger partial charge in [-0.05, 0) is 56.7 Å². The van der Waals surface area contributed by atoms with E-state index in [-0.39, 0.29) is 35.6 Å². The fourth-order valence-corrected chi connectivity index (χ4v) is 5.69. The van der Waals surface area contributed by atoms with Crippen LogP contribution in [0.3, 0.4) is 0 Å². The summed E-state index contributed by atoms with van der Waals surface area (Å²) in [5.41, 5.74) is 2.00. The van der Waals surface area contributed by atoms with E-state index in [9.17, 15) is 14.7 Å². The van der Waals surface area contributed by atoms with Crippen molar-refractivity contribution in [3.05, 3.63) is 53.4 Å². The predicted octanol–water partition coefficient (Wildman–Crippen LogP) is 5.87. The maximum atomic E-state index is 15.2. The van der Waals surface area contributed by atoms with Crippen molar-refractivity contribution in [1.29, 1.82) is 0 Å². The number of piperazine rings is 1. The van der Waals surface area contributed by atoms with Gasteiger partial charge in [-0.2, -0.15) is 0 Å². The molecule has 0 spiro atoms. The number of hydrogen-bond acceptors (Lipinski definition) is 8. The monoisotopic (exact) mass is 655 g/mol. The first-order valence-corrected chi connectivity index (χ1v) is 15.4. The molecule has 2 aromatic carbocycles. The summed E-state index contributed by atoms with van der Waals surface area (Å²) in [6.07, 6.45) is 1.15. The van der Waals surface area contributed by atoms with Crippen LogP contribution >= 0.6 is 11.6 Å². The first kappa shape index (κ1) is 33.1. The molecule has 11 nitrogen and oxygen atoms in total. The van der Waals surface area contributed by atoms with Gasteiger partial charge in [-0.1, -0.05) is 17.7 Å². The van der Waals surface area contributed by atoms with E-state index in [1.807, 2.05) is 25.7 Å². The molecule has 0 atom stereocenters. The van der Waals surface area contributed by atoms with Crippen LogP contribution < -0.4 is 14.5 Å². The minimum Gasteiger partial charge on any atom is -0.507 e. The first-order chi connectivity index (χ1) is 21.9. The topological polar surface area (TPSA) is 108 Å². The third-order valence-electron chi connectivity index (χ3n) is 7.78. The molecule has 3 heterocycles. The van der Waals surface area contributed by atoms with Crippen LogP contribution in [0.5, 0.6) is 11.6 Å². The highest BCUT2D eigenvalue weighted by Crippen LogP contribution is 2.43. The van der Waals surface area contributed by atoms with Gasteiger partial charge in [-0.3, -0.25) is 4.90 Å². The lowest BCUT2D eigenvalue weighted by molar-refractivity contribution is 0.0240. The van der Waals surface area contributed by atoms with Crippen LogP contribution in [0.4, 0.5) is 25.4 Å². The number of anilines is 2. The number of phenolic OH excluding ortho intramolecular Hbond substituents is 1. The molecule has 5 rings (SSSR count). The van der Waals surface area contributed by atoms with Crippen molar-refractivity contribution in [3.8, 4) is 33.9 Å². The van der Waals surface area contributed by atoms with E-state index >= 15 is 4.39 Å². The average Bonchev–Trinajstić information content (AvgIpc) is 3.34. The second kappa shape index (κ2) is 13.6. The third-order valence-corrected chi connectivity index (χ3v) is 8.08. The van der Waals surface area contributed by atoms with Crippen molar-refractivity contribution >= 4 is 35.1 Å². The summed E-state index contributed by atoms with van der Waals surface area (Å²) < 4.78 is 31.7. The minimum absolute atomic E-state index is 0.155. The molecule has 1 N–H and O–H groups in total. The van der Waals surface area contributed by atoms with Crippen molar-refractivity contribution in [2.45, 2.75) is 26.4 Å². The van der Waals surface area contributed by atoms with Gasteiger partial charge in [-0.25, -0.2) is 19.0 Å². The molecule has 2 fully saturated rings. The van der Waals surface area contributed by atoms with Gasteiger partial charge in [0.2, 0.25) is 5.88 Å². The molecule has 2 saturated heterocycles. The van der Waals surface area contributed by atoms with Gasteiger partial charge in [0.1, 0.15) is 29.5 Å². The zero-order valence-corrected chi connectivity index (χ0v) is 27.4. The van der Waals surface area contributed by atoms with Crippen molar-refractivity contribution in [2.75, 3.05) is 76.4 Å². The second-order valence-corrected chi connectivity index (χ2v) is 12.6. The van der Waals surface area contributed by atoms with Gasteiger partial charge in [0.05, 0.1) is 17.3 Å². The Morgan fingerprint density at radius 2 is 1.67 bits per heavy atom. The second-order valence-electron chi connectivity index (χ2n) is 12.2. The number of hydrogen-bond donors (Lipinski definition) is 1. The Bertz CT molecular complexity index is 1610. The van der Waals surface area contributed by atoms with Crippen molar-refractivity contribution in [2.24, 2.45) is 0 Å². The number of halogens is 2. The number of pyridine rings is 1. The number of nitrogens with zero attached hydrogens (tertiary/aromatic N) is 5. The normalized spacial score (nSPS) is 15.5. The maximum Gasteiger partial charge on any atom is 0.410 e. The number of aromatic hydroxyl groups is 1. The number of amides is 3. The van der Waals surface area contributed by atoms with Crippen molar-refractivity contribution in [3.63, 3.8) is 0 Å². The molecular weight excluding hydrogens is 617 g/mol. The third kappa shape index (κ3) is 7.23. The number of methoxy groups -OCH3 is 1. The molecule has 13 heteroatoms. The van der Waals surface area contributed by atoms with Crippen molar-refractivity contribution < 1.29 is 33.3 Å². The number of rotatable bonds is 8.